The van der Waals surface area contributed by atoms with E-state index in [9.17, 15) is 0 Å². The number of nitrogens with zero attached hydrogens (tertiary/aromatic N) is 3. The van der Waals surface area contributed by atoms with E-state index in [2.05, 4.69) is 43.1 Å². The predicted octanol–water partition coefficient (Wildman–Crippen LogP) is 4.10. The molecule has 0 spiro atoms. The molecule has 1 aliphatic rings. The number of imidazole rings is 1. The van der Waals surface area contributed by atoms with Gasteiger partial charge in [0.1, 0.15) is 0 Å². The molecular weight excluding hydrogens is 308 g/mol. The average Bonchev–Trinajstić information content (AvgIpc) is 3.03. The van der Waals surface area contributed by atoms with Crippen LogP contribution in [0.25, 0.3) is 4.96 Å². The standard InChI is InChI=1S/C17H28N4OS/c1-12-7-5-6-8-13(12)22-10-9-18-15-20-21-11-14(17(2,3)4)19-16(21)23-15/h11-13H,5-10H2,1-4H3,(H,18,20)/t12-,13+/m0/s1. The molecule has 2 aromatic rings. The molecule has 2 aromatic heterocycles. The van der Waals surface area contributed by atoms with Crippen LogP contribution in [0.15, 0.2) is 6.20 Å². The number of nitrogens with one attached hydrogen (secondary N) is 1. The Morgan fingerprint density at radius 1 is 1.35 bits per heavy atom. The van der Waals surface area contributed by atoms with Gasteiger partial charge in [-0.15, -0.1) is 5.10 Å². The van der Waals surface area contributed by atoms with E-state index in [1.54, 1.807) is 11.3 Å². The molecule has 0 saturated heterocycles. The van der Waals surface area contributed by atoms with Crippen molar-refractivity contribution in [3.05, 3.63) is 11.9 Å². The quantitative estimate of drug-likeness (QED) is 0.835. The first kappa shape index (κ1) is 16.7. The molecule has 0 bridgehead atoms. The first-order valence-corrected chi connectivity index (χ1v) is 9.47. The highest BCUT2D eigenvalue weighted by Gasteiger charge is 2.22. The summed E-state index contributed by atoms with van der Waals surface area (Å²) in [4.78, 5) is 5.61. The van der Waals surface area contributed by atoms with Crippen molar-refractivity contribution in [2.24, 2.45) is 5.92 Å². The van der Waals surface area contributed by atoms with Gasteiger partial charge in [-0.05, 0) is 18.8 Å². The molecule has 0 aliphatic heterocycles. The lowest BCUT2D eigenvalue weighted by Crippen LogP contribution is -2.27. The lowest BCUT2D eigenvalue weighted by molar-refractivity contribution is 0.000388. The summed E-state index contributed by atoms with van der Waals surface area (Å²) in [5, 5.41) is 8.82. The van der Waals surface area contributed by atoms with Crippen LogP contribution in [0.3, 0.4) is 0 Å². The minimum Gasteiger partial charge on any atom is -0.376 e. The van der Waals surface area contributed by atoms with Crippen molar-refractivity contribution >= 4 is 21.4 Å². The highest BCUT2D eigenvalue weighted by Crippen LogP contribution is 2.27. The third-order valence-corrected chi connectivity index (χ3v) is 5.43. The summed E-state index contributed by atoms with van der Waals surface area (Å²) in [5.74, 6) is 0.697. The van der Waals surface area contributed by atoms with Gasteiger partial charge in [0.05, 0.1) is 24.6 Å². The summed E-state index contributed by atoms with van der Waals surface area (Å²) < 4.78 is 7.90. The van der Waals surface area contributed by atoms with Crippen LogP contribution in [0, 0.1) is 5.92 Å². The predicted molar refractivity (Wildman–Crippen MR) is 95.4 cm³/mol. The van der Waals surface area contributed by atoms with Gasteiger partial charge in [0.15, 0.2) is 0 Å². The number of fused-ring (bicyclic) bond motifs is 1. The topological polar surface area (TPSA) is 51.5 Å². The molecule has 1 aliphatic carbocycles. The second-order valence-corrected chi connectivity index (χ2v) is 8.56. The summed E-state index contributed by atoms with van der Waals surface area (Å²) in [5.41, 5.74) is 1.14. The highest BCUT2D eigenvalue weighted by molar-refractivity contribution is 7.20. The normalized spacial score (nSPS) is 22.6. The summed E-state index contributed by atoms with van der Waals surface area (Å²) in [6.07, 6.45) is 7.64. The summed E-state index contributed by atoms with van der Waals surface area (Å²) in [7, 11) is 0. The molecule has 2 atom stereocenters. The van der Waals surface area contributed by atoms with Crippen molar-refractivity contribution in [2.75, 3.05) is 18.5 Å². The number of anilines is 1. The zero-order chi connectivity index (χ0) is 16.4. The minimum absolute atomic E-state index is 0.0611. The van der Waals surface area contributed by atoms with Gasteiger partial charge in [0.25, 0.3) is 0 Å². The zero-order valence-corrected chi connectivity index (χ0v) is 15.4. The maximum atomic E-state index is 6.03. The molecule has 0 aromatic carbocycles. The van der Waals surface area contributed by atoms with E-state index in [1.807, 2.05) is 10.7 Å². The van der Waals surface area contributed by atoms with Gasteiger partial charge in [0, 0.05) is 12.0 Å². The molecule has 1 saturated carbocycles. The summed E-state index contributed by atoms with van der Waals surface area (Å²) >= 11 is 1.59. The Morgan fingerprint density at radius 3 is 2.83 bits per heavy atom. The van der Waals surface area contributed by atoms with Crippen molar-refractivity contribution < 1.29 is 4.74 Å². The summed E-state index contributed by atoms with van der Waals surface area (Å²) in [6.45, 7) is 10.3. The van der Waals surface area contributed by atoms with Crippen LogP contribution < -0.4 is 5.32 Å². The smallest absolute Gasteiger partial charge is 0.214 e. The number of hydrogen-bond donors (Lipinski definition) is 1. The molecule has 3 rings (SSSR count). The second kappa shape index (κ2) is 6.77. The van der Waals surface area contributed by atoms with Gasteiger partial charge in [-0.1, -0.05) is 51.9 Å². The molecule has 1 N–H and O–H groups in total. The first-order chi connectivity index (χ1) is 10.9. The third kappa shape index (κ3) is 4.04. The van der Waals surface area contributed by atoms with E-state index < -0.39 is 0 Å². The van der Waals surface area contributed by atoms with Crippen LogP contribution in [0.5, 0.6) is 0 Å². The van der Waals surface area contributed by atoms with Gasteiger partial charge < -0.3 is 10.1 Å². The third-order valence-electron chi connectivity index (χ3n) is 4.55. The lowest BCUT2D eigenvalue weighted by Gasteiger charge is -2.28. The Morgan fingerprint density at radius 2 is 2.13 bits per heavy atom. The molecule has 0 amide bonds. The van der Waals surface area contributed by atoms with Gasteiger partial charge >= 0.3 is 0 Å². The molecule has 128 valence electrons. The maximum absolute atomic E-state index is 6.03. The monoisotopic (exact) mass is 336 g/mol. The first-order valence-electron chi connectivity index (χ1n) is 8.65. The lowest BCUT2D eigenvalue weighted by atomic mass is 9.88. The molecule has 5 nitrogen and oxygen atoms in total. The van der Waals surface area contributed by atoms with Gasteiger partial charge in [-0.3, -0.25) is 0 Å². The molecule has 0 unspecified atom stereocenters. The van der Waals surface area contributed by atoms with Crippen molar-refractivity contribution in [3.63, 3.8) is 0 Å². The zero-order valence-electron chi connectivity index (χ0n) is 14.6. The van der Waals surface area contributed by atoms with Crippen LogP contribution in [-0.2, 0) is 10.2 Å². The number of rotatable bonds is 5. The largest absolute Gasteiger partial charge is 0.376 e. The fraction of sp³-hybridized carbons (Fsp3) is 0.765. The van der Waals surface area contributed by atoms with E-state index in [0.29, 0.717) is 12.0 Å². The summed E-state index contributed by atoms with van der Waals surface area (Å²) in [6, 6.07) is 0. The number of aromatic nitrogens is 3. The maximum Gasteiger partial charge on any atom is 0.214 e. The Balaban J connectivity index is 1.49. The molecule has 2 heterocycles. The number of hydrogen-bond acceptors (Lipinski definition) is 5. The molecule has 1 fully saturated rings. The van der Waals surface area contributed by atoms with Gasteiger partial charge in [-0.25, -0.2) is 9.50 Å². The Bertz CT molecular complexity index is 611. The van der Waals surface area contributed by atoms with E-state index in [-0.39, 0.29) is 5.41 Å². The van der Waals surface area contributed by atoms with Crippen LogP contribution >= 0.6 is 11.3 Å². The van der Waals surface area contributed by atoms with E-state index in [0.717, 1.165) is 28.9 Å². The average molecular weight is 337 g/mol. The molecule has 6 heteroatoms. The fourth-order valence-electron chi connectivity index (χ4n) is 3.03. The Kier molecular flexibility index (Phi) is 4.92. The van der Waals surface area contributed by atoms with E-state index in [1.165, 1.54) is 25.7 Å². The van der Waals surface area contributed by atoms with Crippen molar-refractivity contribution in [3.8, 4) is 0 Å². The van der Waals surface area contributed by atoms with Crippen LogP contribution in [0.2, 0.25) is 0 Å². The SMILES string of the molecule is C[C@H]1CCCC[C@H]1OCCNc1nn2cc(C(C)(C)C)nc2s1. The van der Waals surface area contributed by atoms with Crippen molar-refractivity contribution in [1.82, 2.24) is 14.6 Å². The second-order valence-electron chi connectivity index (χ2n) is 7.61. The van der Waals surface area contributed by atoms with Crippen LogP contribution in [0.4, 0.5) is 5.13 Å². The van der Waals surface area contributed by atoms with Crippen LogP contribution in [-0.4, -0.2) is 33.9 Å². The van der Waals surface area contributed by atoms with Crippen molar-refractivity contribution in [1.29, 1.82) is 0 Å². The molecular formula is C17H28N4OS. The highest BCUT2D eigenvalue weighted by atomic mass is 32.1. The minimum atomic E-state index is 0.0611. The van der Waals surface area contributed by atoms with E-state index in [4.69, 9.17) is 4.74 Å². The Labute approximate surface area is 142 Å². The van der Waals surface area contributed by atoms with Crippen molar-refractivity contribution in [2.45, 2.75) is 64.9 Å². The van der Waals surface area contributed by atoms with E-state index >= 15 is 0 Å². The number of ether oxygens (including phenoxy) is 1. The van der Waals surface area contributed by atoms with Gasteiger partial charge in [-0.2, -0.15) is 0 Å². The van der Waals surface area contributed by atoms with Gasteiger partial charge in [0.2, 0.25) is 10.1 Å². The fourth-order valence-corrected chi connectivity index (χ4v) is 3.84. The molecule has 23 heavy (non-hydrogen) atoms. The Hall–Kier alpha value is -1.14. The molecule has 0 radical (unpaired) electrons. The van der Waals surface area contributed by atoms with Crippen LogP contribution in [0.1, 0.15) is 59.1 Å².